The molecule has 0 aliphatic carbocycles. The van der Waals surface area contributed by atoms with Crippen molar-refractivity contribution < 1.29 is 4.79 Å². The van der Waals surface area contributed by atoms with Gasteiger partial charge in [-0.3, -0.25) is 9.78 Å². The van der Waals surface area contributed by atoms with E-state index in [1.54, 1.807) is 25.3 Å². The van der Waals surface area contributed by atoms with Gasteiger partial charge in [0.1, 0.15) is 12.0 Å². The highest BCUT2D eigenvalue weighted by Crippen LogP contribution is 2.26. The lowest BCUT2D eigenvalue weighted by Gasteiger charge is -2.07. The summed E-state index contributed by atoms with van der Waals surface area (Å²) >= 11 is 11.7. The molecule has 5 nitrogen and oxygen atoms in total. The number of rotatable bonds is 2. The predicted octanol–water partition coefficient (Wildman–Crippen LogP) is 2.74. The molecule has 2 heterocycles. The number of nitrogens with one attached hydrogen (secondary N) is 1. The molecule has 0 unspecified atom stereocenters. The topological polar surface area (TPSA) is 67.8 Å². The lowest BCUT2D eigenvalue weighted by atomic mass is 10.2. The van der Waals surface area contributed by atoms with Crippen molar-refractivity contribution in [2.45, 2.75) is 6.92 Å². The van der Waals surface area contributed by atoms with Gasteiger partial charge in [0.15, 0.2) is 10.3 Å². The van der Waals surface area contributed by atoms with Crippen molar-refractivity contribution in [3.63, 3.8) is 0 Å². The molecular formula is C11H8Cl2N4O. The van der Waals surface area contributed by atoms with Crippen LogP contribution in [-0.4, -0.2) is 20.9 Å². The van der Waals surface area contributed by atoms with Gasteiger partial charge in [0, 0.05) is 17.5 Å². The number of aromatic nitrogens is 3. The number of carbonyl (C=O) groups excluding carboxylic acids is 1. The summed E-state index contributed by atoms with van der Waals surface area (Å²) in [6, 6.07) is 3.24. The van der Waals surface area contributed by atoms with E-state index in [1.165, 1.54) is 6.33 Å². The lowest BCUT2D eigenvalue weighted by molar-refractivity contribution is 0.102. The summed E-state index contributed by atoms with van der Waals surface area (Å²) in [6.45, 7) is 1.79. The summed E-state index contributed by atoms with van der Waals surface area (Å²) < 4.78 is 0. The standard InChI is InChI=1S/C11H8Cl2N4O/c1-6-4-7(2-3-14-6)11(18)17-8-9(12)15-5-16-10(8)13/h2-5H,1H3,(H,17,18). The summed E-state index contributed by atoms with van der Waals surface area (Å²) in [7, 11) is 0. The van der Waals surface area contributed by atoms with Crippen molar-refractivity contribution in [3.8, 4) is 0 Å². The third-order valence-electron chi connectivity index (χ3n) is 2.15. The van der Waals surface area contributed by atoms with Crippen LogP contribution in [0.5, 0.6) is 0 Å². The van der Waals surface area contributed by atoms with Crippen molar-refractivity contribution in [2.75, 3.05) is 5.32 Å². The number of hydrogen-bond acceptors (Lipinski definition) is 4. The average molecular weight is 283 g/mol. The summed E-state index contributed by atoms with van der Waals surface area (Å²) in [5, 5.41) is 2.75. The minimum atomic E-state index is -0.348. The monoisotopic (exact) mass is 282 g/mol. The van der Waals surface area contributed by atoms with Gasteiger partial charge in [0.2, 0.25) is 0 Å². The molecule has 2 rings (SSSR count). The molecule has 0 fully saturated rings. The normalized spacial score (nSPS) is 10.2. The van der Waals surface area contributed by atoms with Crippen molar-refractivity contribution in [1.82, 2.24) is 15.0 Å². The smallest absolute Gasteiger partial charge is 0.255 e. The van der Waals surface area contributed by atoms with Crippen molar-refractivity contribution in [1.29, 1.82) is 0 Å². The van der Waals surface area contributed by atoms with E-state index in [2.05, 4.69) is 20.3 Å². The Bertz CT molecular complexity index is 583. The van der Waals surface area contributed by atoms with Gasteiger partial charge >= 0.3 is 0 Å². The number of hydrogen-bond donors (Lipinski definition) is 1. The van der Waals surface area contributed by atoms with Crippen LogP contribution in [0, 0.1) is 6.92 Å². The molecule has 0 radical (unpaired) electrons. The molecule has 0 spiro atoms. The van der Waals surface area contributed by atoms with E-state index in [9.17, 15) is 4.79 Å². The van der Waals surface area contributed by atoms with Crippen molar-refractivity contribution >= 4 is 34.8 Å². The fourth-order valence-corrected chi connectivity index (χ4v) is 1.73. The van der Waals surface area contributed by atoms with Crippen LogP contribution >= 0.6 is 23.2 Å². The van der Waals surface area contributed by atoms with E-state index in [0.717, 1.165) is 5.69 Å². The largest absolute Gasteiger partial charge is 0.317 e. The first kappa shape index (κ1) is 12.7. The Labute approximate surface area is 113 Å². The molecule has 7 heteroatoms. The van der Waals surface area contributed by atoms with Gasteiger partial charge < -0.3 is 5.32 Å². The summed E-state index contributed by atoms with van der Waals surface area (Å²) in [5.74, 6) is -0.348. The van der Waals surface area contributed by atoms with E-state index in [-0.39, 0.29) is 21.9 Å². The maximum absolute atomic E-state index is 12.0. The lowest BCUT2D eigenvalue weighted by Crippen LogP contribution is -2.13. The van der Waals surface area contributed by atoms with Gasteiger partial charge in [-0.25, -0.2) is 9.97 Å². The number of aryl methyl sites for hydroxylation is 1. The Hall–Kier alpha value is -1.72. The maximum Gasteiger partial charge on any atom is 0.255 e. The molecular weight excluding hydrogens is 275 g/mol. The summed E-state index contributed by atoms with van der Waals surface area (Å²) in [6.07, 6.45) is 2.77. The van der Waals surface area contributed by atoms with Crippen LogP contribution in [0.2, 0.25) is 10.3 Å². The highest BCUT2D eigenvalue weighted by Gasteiger charge is 2.13. The van der Waals surface area contributed by atoms with Gasteiger partial charge in [-0.15, -0.1) is 0 Å². The zero-order chi connectivity index (χ0) is 13.1. The Kier molecular flexibility index (Phi) is 3.74. The molecule has 0 bridgehead atoms. The third-order valence-corrected chi connectivity index (χ3v) is 2.73. The molecule has 2 aromatic heterocycles. The van der Waals surface area contributed by atoms with Crippen LogP contribution in [0.15, 0.2) is 24.7 Å². The van der Waals surface area contributed by atoms with Gasteiger partial charge in [0.25, 0.3) is 5.91 Å². The fraction of sp³-hybridized carbons (Fsp3) is 0.0909. The van der Waals surface area contributed by atoms with Gasteiger partial charge in [-0.2, -0.15) is 0 Å². The number of halogens is 2. The first-order valence-electron chi connectivity index (χ1n) is 4.98. The number of nitrogens with zero attached hydrogens (tertiary/aromatic N) is 3. The quantitative estimate of drug-likeness (QED) is 0.860. The first-order chi connectivity index (χ1) is 8.58. The maximum atomic E-state index is 12.0. The molecule has 1 amide bonds. The van der Waals surface area contributed by atoms with Crippen molar-refractivity contribution in [2.24, 2.45) is 0 Å². The van der Waals surface area contributed by atoms with Crippen LogP contribution in [0.1, 0.15) is 16.1 Å². The molecule has 2 aromatic rings. The fourth-order valence-electron chi connectivity index (χ4n) is 1.32. The minimum Gasteiger partial charge on any atom is -0.317 e. The van der Waals surface area contributed by atoms with E-state index in [1.807, 2.05) is 0 Å². The van der Waals surface area contributed by atoms with Crippen LogP contribution in [0.3, 0.4) is 0 Å². The van der Waals surface area contributed by atoms with Gasteiger partial charge in [0.05, 0.1) is 0 Å². The minimum absolute atomic E-state index is 0.0918. The number of anilines is 1. The van der Waals surface area contributed by atoms with Crippen LogP contribution in [-0.2, 0) is 0 Å². The molecule has 0 atom stereocenters. The Morgan fingerprint density at radius 3 is 2.50 bits per heavy atom. The zero-order valence-electron chi connectivity index (χ0n) is 9.32. The molecule has 18 heavy (non-hydrogen) atoms. The van der Waals surface area contributed by atoms with Gasteiger partial charge in [-0.1, -0.05) is 23.2 Å². The first-order valence-corrected chi connectivity index (χ1v) is 5.73. The highest BCUT2D eigenvalue weighted by atomic mass is 35.5. The Morgan fingerprint density at radius 1 is 1.22 bits per heavy atom. The second-order valence-corrected chi connectivity index (χ2v) is 4.19. The SMILES string of the molecule is Cc1cc(C(=O)Nc2c(Cl)ncnc2Cl)ccn1. The second-order valence-electron chi connectivity index (χ2n) is 3.47. The Balaban J connectivity index is 2.27. The summed E-state index contributed by atoms with van der Waals surface area (Å²) in [4.78, 5) is 23.5. The zero-order valence-corrected chi connectivity index (χ0v) is 10.8. The van der Waals surface area contributed by atoms with E-state index in [4.69, 9.17) is 23.2 Å². The molecule has 0 saturated carbocycles. The molecule has 0 aromatic carbocycles. The average Bonchev–Trinajstić information content (AvgIpc) is 2.34. The van der Waals surface area contributed by atoms with E-state index in [0.29, 0.717) is 5.56 Å². The predicted molar refractivity (Wildman–Crippen MR) is 69.0 cm³/mol. The second kappa shape index (κ2) is 5.29. The molecule has 0 aliphatic rings. The van der Waals surface area contributed by atoms with E-state index < -0.39 is 0 Å². The summed E-state index contributed by atoms with van der Waals surface area (Å²) in [5.41, 5.74) is 1.39. The number of carbonyl (C=O) groups is 1. The Morgan fingerprint density at radius 2 is 1.89 bits per heavy atom. The van der Waals surface area contributed by atoms with Crippen LogP contribution < -0.4 is 5.32 Å². The highest BCUT2D eigenvalue weighted by molar-refractivity contribution is 6.38. The molecule has 1 N–H and O–H groups in total. The number of pyridine rings is 1. The van der Waals surface area contributed by atoms with Crippen LogP contribution in [0.25, 0.3) is 0 Å². The molecule has 0 aliphatic heterocycles. The van der Waals surface area contributed by atoms with Gasteiger partial charge in [-0.05, 0) is 19.1 Å². The van der Waals surface area contributed by atoms with Crippen LogP contribution in [0.4, 0.5) is 5.69 Å². The third kappa shape index (κ3) is 2.75. The van der Waals surface area contributed by atoms with Crippen molar-refractivity contribution in [3.05, 3.63) is 46.2 Å². The molecule has 0 saturated heterocycles. The molecule has 92 valence electrons. The van der Waals surface area contributed by atoms with E-state index >= 15 is 0 Å². The number of amides is 1.